The molecule has 0 aliphatic heterocycles. The molecule has 0 aliphatic rings. The Labute approximate surface area is 149 Å². The number of amides is 1. The van der Waals surface area contributed by atoms with Crippen LogP contribution in [0.25, 0.3) is 5.69 Å². The molecule has 0 fully saturated rings. The number of aromatic nitrogens is 2. The Balaban J connectivity index is 1.66. The lowest BCUT2D eigenvalue weighted by molar-refractivity contribution is -0.119. The number of carbonyl (C=O) groups is 2. The van der Waals surface area contributed by atoms with Crippen molar-refractivity contribution in [1.29, 1.82) is 0 Å². The van der Waals surface area contributed by atoms with Gasteiger partial charge < -0.3 is 10.1 Å². The molecule has 0 radical (unpaired) electrons. The number of aryl methyl sites for hydroxylation is 1. The van der Waals surface area contributed by atoms with Gasteiger partial charge in [-0.3, -0.25) is 4.79 Å². The summed E-state index contributed by atoms with van der Waals surface area (Å²) in [6.07, 6.45) is 0. The van der Waals surface area contributed by atoms with Gasteiger partial charge in [0.15, 0.2) is 6.61 Å². The number of carbonyl (C=O) groups excluding carboxylic acids is 2. The maximum Gasteiger partial charge on any atom is 0.341 e. The van der Waals surface area contributed by atoms with Crippen molar-refractivity contribution in [2.45, 2.75) is 6.92 Å². The maximum absolute atomic E-state index is 13.5. The lowest BCUT2D eigenvalue weighted by Gasteiger charge is -2.09. The molecule has 26 heavy (non-hydrogen) atoms. The second kappa shape index (κ2) is 7.60. The summed E-state index contributed by atoms with van der Waals surface area (Å²) in [6.45, 7) is 1.26. The number of nitrogens with zero attached hydrogens (tertiary/aromatic N) is 2. The summed E-state index contributed by atoms with van der Waals surface area (Å²) in [7, 11) is 0. The van der Waals surface area contributed by atoms with Crippen molar-refractivity contribution in [3.63, 3.8) is 0 Å². The Hall–Kier alpha value is -3.48. The number of rotatable bonds is 5. The van der Waals surface area contributed by atoms with Gasteiger partial charge in [-0.15, -0.1) is 0 Å². The zero-order chi connectivity index (χ0) is 18.5. The molecule has 1 heterocycles. The number of halogens is 1. The molecular formula is C19H16FN3O3. The van der Waals surface area contributed by atoms with Gasteiger partial charge >= 0.3 is 5.97 Å². The molecule has 0 spiro atoms. The zero-order valence-corrected chi connectivity index (χ0v) is 14.0. The third kappa shape index (κ3) is 3.94. The van der Waals surface area contributed by atoms with Gasteiger partial charge in [0.05, 0.1) is 16.9 Å². The molecule has 1 amide bonds. The van der Waals surface area contributed by atoms with Crippen LogP contribution in [-0.4, -0.2) is 28.3 Å². The first kappa shape index (κ1) is 17.3. The van der Waals surface area contributed by atoms with E-state index in [2.05, 4.69) is 10.4 Å². The Morgan fingerprint density at radius 2 is 1.81 bits per heavy atom. The number of esters is 1. The molecule has 2 aromatic carbocycles. The normalized spacial score (nSPS) is 10.4. The summed E-state index contributed by atoms with van der Waals surface area (Å²) in [5.74, 6) is -1.70. The van der Waals surface area contributed by atoms with Crippen LogP contribution in [0, 0.1) is 12.7 Å². The first-order valence-corrected chi connectivity index (χ1v) is 7.88. The molecule has 7 heteroatoms. The van der Waals surface area contributed by atoms with E-state index in [1.807, 2.05) is 30.3 Å². The van der Waals surface area contributed by atoms with Crippen molar-refractivity contribution in [3.05, 3.63) is 77.7 Å². The fourth-order valence-corrected chi connectivity index (χ4v) is 2.37. The Morgan fingerprint density at radius 3 is 2.54 bits per heavy atom. The summed E-state index contributed by atoms with van der Waals surface area (Å²) < 4.78 is 20.0. The lowest BCUT2D eigenvalue weighted by Crippen LogP contribution is -2.22. The average Bonchev–Trinajstić information content (AvgIpc) is 3.01. The molecule has 0 atom stereocenters. The van der Waals surface area contributed by atoms with Crippen LogP contribution in [0.2, 0.25) is 0 Å². The van der Waals surface area contributed by atoms with Gasteiger partial charge in [0.1, 0.15) is 11.6 Å². The van der Waals surface area contributed by atoms with E-state index < -0.39 is 24.3 Å². The van der Waals surface area contributed by atoms with Crippen molar-refractivity contribution in [1.82, 2.24) is 9.78 Å². The van der Waals surface area contributed by atoms with E-state index in [0.29, 0.717) is 11.5 Å². The van der Waals surface area contributed by atoms with Gasteiger partial charge in [-0.1, -0.05) is 30.3 Å². The van der Waals surface area contributed by atoms with Crippen molar-refractivity contribution >= 4 is 17.7 Å². The minimum atomic E-state index is -0.897. The predicted molar refractivity (Wildman–Crippen MR) is 93.6 cm³/mol. The number of ether oxygens (including phenoxy) is 1. The first-order valence-electron chi connectivity index (χ1n) is 7.88. The highest BCUT2D eigenvalue weighted by Crippen LogP contribution is 2.17. The number of benzene rings is 2. The van der Waals surface area contributed by atoms with Crippen molar-refractivity contribution in [2.75, 3.05) is 11.9 Å². The molecule has 0 bridgehead atoms. The van der Waals surface area contributed by atoms with Gasteiger partial charge in [0, 0.05) is 6.07 Å². The van der Waals surface area contributed by atoms with E-state index in [4.69, 9.17) is 4.74 Å². The van der Waals surface area contributed by atoms with E-state index in [9.17, 15) is 14.0 Å². The number of hydrogen-bond acceptors (Lipinski definition) is 4. The van der Waals surface area contributed by atoms with Crippen LogP contribution in [0.1, 0.15) is 16.1 Å². The molecule has 3 aromatic rings. The average molecular weight is 353 g/mol. The number of hydrogen-bond donors (Lipinski definition) is 1. The van der Waals surface area contributed by atoms with Gasteiger partial charge in [-0.2, -0.15) is 5.10 Å². The van der Waals surface area contributed by atoms with E-state index in [0.717, 1.165) is 11.8 Å². The van der Waals surface area contributed by atoms with Crippen LogP contribution in [0.4, 0.5) is 10.2 Å². The van der Waals surface area contributed by atoms with Gasteiger partial charge in [-0.25, -0.2) is 13.9 Å². The summed E-state index contributed by atoms with van der Waals surface area (Å²) >= 11 is 0. The van der Waals surface area contributed by atoms with Crippen LogP contribution in [0.5, 0.6) is 0 Å². The monoisotopic (exact) mass is 353 g/mol. The topological polar surface area (TPSA) is 73.2 Å². The second-order valence-electron chi connectivity index (χ2n) is 5.52. The van der Waals surface area contributed by atoms with Crippen LogP contribution < -0.4 is 5.32 Å². The van der Waals surface area contributed by atoms with Gasteiger partial charge in [0.25, 0.3) is 5.91 Å². The van der Waals surface area contributed by atoms with Gasteiger partial charge in [0.2, 0.25) is 0 Å². The van der Waals surface area contributed by atoms with E-state index in [1.165, 1.54) is 18.2 Å². The Morgan fingerprint density at radius 1 is 1.12 bits per heavy atom. The Bertz CT molecular complexity index is 938. The molecule has 0 saturated carbocycles. The molecule has 3 rings (SSSR count). The molecule has 0 unspecified atom stereocenters. The van der Waals surface area contributed by atoms with Crippen molar-refractivity contribution in [3.8, 4) is 5.69 Å². The molecule has 6 nitrogen and oxygen atoms in total. The van der Waals surface area contributed by atoms with Crippen molar-refractivity contribution in [2.24, 2.45) is 0 Å². The third-order valence-electron chi connectivity index (χ3n) is 3.53. The highest BCUT2D eigenvalue weighted by Gasteiger charge is 2.16. The largest absolute Gasteiger partial charge is 0.452 e. The van der Waals surface area contributed by atoms with E-state index >= 15 is 0 Å². The predicted octanol–water partition coefficient (Wildman–Crippen LogP) is 3.12. The maximum atomic E-state index is 13.5. The number of anilines is 1. The highest BCUT2D eigenvalue weighted by atomic mass is 19.1. The highest BCUT2D eigenvalue weighted by molar-refractivity contribution is 5.95. The molecule has 0 aliphatic carbocycles. The van der Waals surface area contributed by atoms with E-state index in [1.54, 1.807) is 17.7 Å². The summed E-state index contributed by atoms with van der Waals surface area (Å²) in [5, 5.41) is 6.97. The fraction of sp³-hybridized carbons (Fsp3) is 0.105. The van der Waals surface area contributed by atoms with Crippen LogP contribution in [0.15, 0.2) is 60.7 Å². The van der Waals surface area contributed by atoms with E-state index in [-0.39, 0.29) is 5.56 Å². The first-order chi connectivity index (χ1) is 12.5. The number of nitrogens with one attached hydrogen (secondary N) is 1. The fourth-order valence-electron chi connectivity index (χ4n) is 2.37. The molecule has 132 valence electrons. The third-order valence-corrected chi connectivity index (χ3v) is 3.53. The van der Waals surface area contributed by atoms with Crippen molar-refractivity contribution < 1.29 is 18.7 Å². The Kier molecular flexibility index (Phi) is 5.07. The number of para-hydroxylation sites is 1. The lowest BCUT2D eigenvalue weighted by atomic mass is 10.2. The summed E-state index contributed by atoms with van der Waals surface area (Å²) in [6, 6.07) is 16.4. The van der Waals surface area contributed by atoms with Gasteiger partial charge in [-0.05, 0) is 31.2 Å². The summed E-state index contributed by atoms with van der Waals surface area (Å²) in [4.78, 5) is 24.0. The minimum Gasteiger partial charge on any atom is -0.452 e. The van der Waals surface area contributed by atoms with Crippen LogP contribution in [0.3, 0.4) is 0 Å². The smallest absolute Gasteiger partial charge is 0.341 e. The molecule has 0 saturated heterocycles. The van der Waals surface area contributed by atoms with Crippen LogP contribution in [-0.2, 0) is 9.53 Å². The summed E-state index contributed by atoms with van der Waals surface area (Å²) in [5.41, 5.74) is 1.28. The zero-order valence-electron chi connectivity index (χ0n) is 14.0. The SMILES string of the molecule is Cc1cc(NC(=O)COC(=O)c2ccccc2F)n(-c2ccccc2)n1. The standard InChI is InChI=1S/C19H16FN3O3/c1-13-11-17(23(22-13)14-7-3-2-4-8-14)21-18(24)12-26-19(25)15-9-5-6-10-16(15)20/h2-11H,12H2,1H3,(H,21,24). The molecular weight excluding hydrogens is 337 g/mol. The molecule has 1 N–H and O–H groups in total. The molecule has 1 aromatic heterocycles. The second-order valence-corrected chi connectivity index (χ2v) is 5.52. The quantitative estimate of drug-likeness (QED) is 0.715. The minimum absolute atomic E-state index is 0.217. The van der Waals surface area contributed by atoms with Crippen LogP contribution >= 0.6 is 0 Å².